The van der Waals surface area contributed by atoms with Crippen LogP contribution in [0.2, 0.25) is 0 Å². The van der Waals surface area contributed by atoms with Gasteiger partial charge in [0.15, 0.2) is 0 Å². The molecular formula is C21H23F6N3O2. The largest absolute Gasteiger partial charge is 0.492 e. The summed E-state index contributed by atoms with van der Waals surface area (Å²) < 4.78 is 85.6. The summed E-state index contributed by atoms with van der Waals surface area (Å²) in [5.41, 5.74) is -4.60. The van der Waals surface area contributed by atoms with Crippen molar-refractivity contribution < 1.29 is 36.2 Å². The van der Waals surface area contributed by atoms with E-state index in [4.69, 9.17) is 4.74 Å². The zero-order valence-corrected chi connectivity index (χ0v) is 17.2. The molecule has 2 heterocycles. The number of fused-ring (bicyclic) bond motifs is 1. The van der Waals surface area contributed by atoms with Crippen LogP contribution in [0.25, 0.3) is 11.0 Å². The number of H-pyrrole nitrogens is 1. The zero-order chi connectivity index (χ0) is 23.2. The Bertz CT molecular complexity index is 1030. The topological polar surface area (TPSA) is 70.2 Å². The number of imidazole rings is 1. The van der Waals surface area contributed by atoms with Crippen molar-refractivity contribution in [1.29, 1.82) is 0 Å². The molecule has 1 aromatic heterocycles. The van der Waals surface area contributed by atoms with E-state index in [0.717, 1.165) is 6.07 Å². The summed E-state index contributed by atoms with van der Waals surface area (Å²) in [5.74, 6) is -0.000758. The van der Waals surface area contributed by atoms with E-state index in [9.17, 15) is 31.4 Å². The van der Waals surface area contributed by atoms with E-state index in [-0.39, 0.29) is 55.1 Å². The highest BCUT2D eigenvalue weighted by atomic mass is 19.4. The number of nitrogens with one attached hydrogen (secondary N) is 2. The van der Waals surface area contributed by atoms with Crippen LogP contribution in [0.3, 0.4) is 0 Å². The Kier molecular flexibility index (Phi) is 4.45. The van der Waals surface area contributed by atoms with Crippen molar-refractivity contribution >= 4 is 11.0 Å². The molecule has 2 bridgehead atoms. The van der Waals surface area contributed by atoms with Gasteiger partial charge in [-0.25, -0.2) is 4.98 Å². The molecule has 3 aliphatic carbocycles. The van der Waals surface area contributed by atoms with Gasteiger partial charge in [0.1, 0.15) is 17.9 Å². The molecule has 3 N–H and O–H groups in total. The molecule has 3 saturated carbocycles. The first-order valence-corrected chi connectivity index (χ1v) is 10.5. The van der Waals surface area contributed by atoms with Gasteiger partial charge in [0, 0.05) is 23.6 Å². The minimum Gasteiger partial charge on any atom is -0.492 e. The van der Waals surface area contributed by atoms with Gasteiger partial charge in [-0.3, -0.25) is 0 Å². The van der Waals surface area contributed by atoms with E-state index in [2.05, 4.69) is 15.3 Å². The number of rotatable bonds is 4. The number of hydrogen-bond donors (Lipinski definition) is 3. The van der Waals surface area contributed by atoms with Gasteiger partial charge in [-0.2, -0.15) is 26.3 Å². The summed E-state index contributed by atoms with van der Waals surface area (Å²) in [6, 6.07) is 1.73. The number of piperidine rings is 1. The monoisotopic (exact) mass is 463 g/mol. The first-order valence-electron chi connectivity index (χ1n) is 10.5. The van der Waals surface area contributed by atoms with Crippen molar-refractivity contribution in [3.05, 3.63) is 24.0 Å². The second-order valence-corrected chi connectivity index (χ2v) is 9.87. The van der Waals surface area contributed by atoms with E-state index in [1.165, 1.54) is 12.4 Å². The number of aromatic amines is 1. The van der Waals surface area contributed by atoms with Crippen LogP contribution in [0.5, 0.6) is 5.75 Å². The third kappa shape index (κ3) is 3.11. The van der Waals surface area contributed by atoms with Crippen LogP contribution in [0.1, 0.15) is 44.6 Å². The highest BCUT2D eigenvalue weighted by Crippen LogP contribution is 2.82. The number of aromatic nitrogens is 2. The van der Waals surface area contributed by atoms with Gasteiger partial charge >= 0.3 is 12.4 Å². The molecule has 4 aliphatic rings. The van der Waals surface area contributed by atoms with E-state index >= 15 is 0 Å². The van der Waals surface area contributed by atoms with Gasteiger partial charge < -0.3 is 20.1 Å². The van der Waals surface area contributed by atoms with Crippen molar-refractivity contribution in [3.63, 3.8) is 0 Å². The van der Waals surface area contributed by atoms with Gasteiger partial charge in [0.05, 0.1) is 28.4 Å². The van der Waals surface area contributed by atoms with E-state index in [1.807, 2.05) is 6.92 Å². The SMILES string of the molecule is C[C@H]1C[C@@](O)(C23CC(C(F)(F)F)(C2)C3)C[C@@H](COc2cc(C(F)(F)F)c3nc[nH]c3c2)N1. The molecule has 2 aromatic rings. The van der Waals surface area contributed by atoms with E-state index in [0.29, 0.717) is 6.42 Å². The van der Waals surface area contributed by atoms with Crippen molar-refractivity contribution in [3.8, 4) is 5.75 Å². The second-order valence-electron chi connectivity index (χ2n) is 9.87. The summed E-state index contributed by atoms with van der Waals surface area (Å²) in [5, 5.41) is 14.6. The normalized spacial score (nSPS) is 37.1. The summed E-state index contributed by atoms with van der Waals surface area (Å²) in [6.07, 6.45) is -7.37. The van der Waals surface area contributed by atoms with Gasteiger partial charge in [-0.05, 0) is 45.1 Å². The molecule has 1 aliphatic heterocycles. The summed E-state index contributed by atoms with van der Waals surface area (Å²) >= 11 is 0. The van der Waals surface area contributed by atoms with Crippen LogP contribution in [0.15, 0.2) is 18.5 Å². The lowest BCUT2D eigenvalue weighted by molar-refractivity contribution is -0.403. The molecule has 0 spiro atoms. The van der Waals surface area contributed by atoms with Crippen LogP contribution in [-0.2, 0) is 6.18 Å². The molecule has 11 heteroatoms. The molecule has 0 amide bonds. The maximum atomic E-state index is 13.4. The maximum Gasteiger partial charge on any atom is 0.418 e. The highest BCUT2D eigenvalue weighted by Gasteiger charge is 2.83. The zero-order valence-electron chi connectivity index (χ0n) is 17.2. The lowest BCUT2D eigenvalue weighted by Crippen LogP contribution is -2.78. The molecule has 32 heavy (non-hydrogen) atoms. The predicted molar refractivity (Wildman–Crippen MR) is 102 cm³/mol. The van der Waals surface area contributed by atoms with Crippen LogP contribution < -0.4 is 10.1 Å². The lowest BCUT2D eigenvalue weighted by Gasteiger charge is -2.76. The fraction of sp³-hybridized carbons (Fsp3) is 0.667. The van der Waals surface area contributed by atoms with Gasteiger partial charge in [-0.1, -0.05) is 0 Å². The van der Waals surface area contributed by atoms with Crippen molar-refractivity contribution in [2.45, 2.75) is 69.1 Å². The first-order chi connectivity index (χ1) is 14.8. The molecule has 5 nitrogen and oxygen atoms in total. The van der Waals surface area contributed by atoms with Crippen LogP contribution in [-0.4, -0.2) is 45.5 Å². The Hall–Kier alpha value is -2.01. The molecule has 0 unspecified atom stereocenters. The van der Waals surface area contributed by atoms with E-state index < -0.39 is 40.4 Å². The molecule has 176 valence electrons. The van der Waals surface area contributed by atoms with Gasteiger partial charge in [-0.15, -0.1) is 0 Å². The summed E-state index contributed by atoms with van der Waals surface area (Å²) in [7, 11) is 0. The smallest absolute Gasteiger partial charge is 0.418 e. The molecule has 1 saturated heterocycles. The number of hydrogen-bond acceptors (Lipinski definition) is 4. The number of alkyl halides is 6. The number of nitrogens with zero attached hydrogens (tertiary/aromatic N) is 1. The summed E-state index contributed by atoms with van der Waals surface area (Å²) in [6.45, 7) is 1.81. The number of halogens is 6. The Morgan fingerprint density at radius 2 is 1.81 bits per heavy atom. The average Bonchev–Trinajstić information content (AvgIpc) is 3.01. The molecule has 3 atom stereocenters. The molecule has 6 rings (SSSR count). The minimum atomic E-state index is -4.61. The Labute approximate surface area is 179 Å². The molecule has 4 fully saturated rings. The average molecular weight is 463 g/mol. The predicted octanol–water partition coefficient (Wildman–Crippen LogP) is 4.56. The Morgan fingerprint density at radius 1 is 1.12 bits per heavy atom. The van der Waals surface area contributed by atoms with Crippen molar-refractivity contribution in [1.82, 2.24) is 15.3 Å². The van der Waals surface area contributed by atoms with Crippen molar-refractivity contribution in [2.75, 3.05) is 6.61 Å². The number of ether oxygens (including phenoxy) is 1. The highest BCUT2D eigenvalue weighted by molar-refractivity contribution is 5.80. The minimum absolute atomic E-state index is 0.000758. The number of aliphatic hydroxyl groups is 1. The third-order valence-corrected chi connectivity index (χ3v) is 7.62. The second kappa shape index (κ2) is 6.53. The maximum absolute atomic E-state index is 13.4. The fourth-order valence-electron chi connectivity index (χ4n) is 6.16. The molecular weight excluding hydrogens is 440 g/mol. The third-order valence-electron chi connectivity index (χ3n) is 7.62. The lowest BCUT2D eigenvalue weighted by atomic mass is 9.29. The molecule has 0 radical (unpaired) electrons. The Morgan fingerprint density at radius 3 is 2.44 bits per heavy atom. The van der Waals surface area contributed by atoms with Gasteiger partial charge in [0.25, 0.3) is 0 Å². The Balaban J connectivity index is 1.30. The molecule has 1 aromatic carbocycles. The van der Waals surface area contributed by atoms with Crippen molar-refractivity contribution in [2.24, 2.45) is 10.8 Å². The van der Waals surface area contributed by atoms with Crippen LogP contribution >= 0.6 is 0 Å². The van der Waals surface area contributed by atoms with E-state index in [1.54, 1.807) is 0 Å². The number of benzene rings is 1. The van der Waals surface area contributed by atoms with Crippen LogP contribution in [0.4, 0.5) is 26.3 Å². The standard InChI is InChI=1S/C21H23F6N3O2/c1-11-4-19(31,17-7-18(8-17,9-17)21(25,26)27)5-12(30-11)6-32-13-2-14(20(22,23)24)16-15(3-13)28-10-29-16/h2-3,10-12,30-31H,4-9H2,1H3,(H,28,29)/t11-,12-,17?,18?,19-/m0/s1. The van der Waals surface area contributed by atoms with Crippen LogP contribution in [0, 0.1) is 10.8 Å². The quantitative estimate of drug-likeness (QED) is 0.582. The fourth-order valence-corrected chi connectivity index (χ4v) is 6.16. The first kappa shape index (κ1) is 21.8. The van der Waals surface area contributed by atoms with Gasteiger partial charge in [0.2, 0.25) is 0 Å². The summed E-state index contributed by atoms with van der Waals surface area (Å²) in [4.78, 5) is 6.37.